The normalized spacial score (nSPS) is 19.1. The number of morpholine rings is 1. The largest absolute Gasteiger partial charge is 0.395 e. The Kier molecular flexibility index (Phi) is 8.35. The van der Waals surface area contributed by atoms with Crippen LogP contribution in [0.3, 0.4) is 0 Å². The number of carbonyl (C=O) groups excluding carboxylic acids is 1. The number of aliphatic hydroxyl groups excluding tert-OH is 1. The molecule has 1 saturated heterocycles. The minimum absolute atomic E-state index is 0.0860. The van der Waals surface area contributed by atoms with Crippen molar-refractivity contribution in [2.45, 2.75) is 62.5 Å². The minimum Gasteiger partial charge on any atom is -0.395 e. The number of sulfone groups is 1. The first-order chi connectivity index (χ1) is 17.6. The lowest BCUT2D eigenvalue weighted by Crippen LogP contribution is -2.44. The van der Waals surface area contributed by atoms with Crippen LogP contribution in [0, 0.1) is 0 Å². The summed E-state index contributed by atoms with van der Waals surface area (Å²) in [5.74, 6) is 1.10. The molecule has 2 amide bonds. The standard InChI is InChI=1S/C26H37N5O5S/c1-18-17-36-15-13-31(18)23-16-22(26(2,3)37(34,35)21-6-4-5-7-21)29-24(30-23)19-8-10-20(11-9-19)28-25(33)27-12-14-32/h8-11,16,18,21,32H,4-7,12-15,17H2,1-3H3,(H2,27,28,33)/t18-/m0/s1. The van der Waals surface area contributed by atoms with Crippen LogP contribution >= 0.6 is 0 Å². The average molecular weight is 532 g/mol. The number of hydrogen-bond acceptors (Lipinski definition) is 8. The van der Waals surface area contributed by atoms with E-state index in [9.17, 15) is 13.2 Å². The Balaban J connectivity index is 1.71. The lowest BCUT2D eigenvalue weighted by Gasteiger charge is -2.35. The fourth-order valence-corrected chi connectivity index (χ4v) is 7.08. The molecule has 37 heavy (non-hydrogen) atoms. The summed E-state index contributed by atoms with van der Waals surface area (Å²) >= 11 is 0. The Labute approximate surface area is 218 Å². The van der Waals surface area contributed by atoms with Gasteiger partial charge in [-0.3, -0.25) is 0 Å². The zero-order valence-corrected chi connectivity index (χ0v) is 22.6. The molecule has 0 spiro atoms. The highest BCUT2D eigenvalue weighted by Gasteiger charge is 2.44. The molecular formula is C26H37N5O5S. The summed E-state index contributed by atoms with van der Waals surface area (Å²) in [5.41, 5.74) is 1.75. The van der Waals surface area contributed by atoms with Gasteiger partial charge < -0.3 is 25.4 Å². The summed E-state index contributed by atoms with van der Waals surface area (Å²) in [4.78, 5) is 23.7. The first-order valence-corrected chi connectivity index (χ1v) is 14.4. The van der Waals surface area contributed by atoms with E-state index in [4.69, 9.17) is 19.8 Å². The third-order valence-corrected chi connectivity index (χ3v) is 10.2. The number of aliphatic hydroxyl groups is 1. The molecule has 2 heterocycles. The van der Waals surface area contributed by atoms with Crippen LogP contribution in [-0.2, 0) is 19.3 Å². The molecule has 11 heteroatoms. The Morgan fingerprint density at radius 2 is 1.89 bits per heavy atom. The van der Waals surface area contributed by atoms with Crippen molar-refractivity contribution in [2.24, 2.45) is 0 Å². The molecule has 0 bridgehead atoms. The zero-order valence-electron chi connectivity index (χ0n) is 21.7. The maximum atomic E-state index is 13.7. The van der Waals surface area contributed by atoms with E-state index in [1.807, 2.05) is 6.07 Å². The van der Waals surface area contributed by atoms with Gasteiger partial charge >= 0.3 is 6.03 Å². The maximum Gasteiger partial charge on any atom is 0.319 e. The molecular weight excluding hydrogens is 494 g/mol. The lowest BCUT2D eigenvalue weighted by atomic mass is 10.1. The van der Waals surface area contributed by atoms with Crippen molar-refractivity contribution < 1.29 is 23.1 Å². The highest BCUT2D eigenvalue weighted by atomic mass is 32.2. The van der Waals surface area contributed by atoms with Crippen molar-refractivity contribution in [2.75, 3.05) is 43.1 Å². The fourth-order valence-electron chi connectivity index (χ4n) is 4.90. The lowest BCUT2D eigenvalue weighted by molar-refractivity contribution is 0.0985. The van der Waals surface area contributed by atoms with Crippen LogP contribution in [0.25, 0.3) is 11.4 Å². The number of rotatable bonds is 8. The van der Waals surface area contributed by atoms with Gasteiger partial charge in [0.1, 0.15) is 10.6 Å². The van der Waals surface area contributed by atoms with Gasteiger partial charge in [0.15, 0.2) is 15.7 Å². The van der Waals surface area contributed by atoms with E-state index in [1.54, 1.807) is 38.1 Å². The van der Waals surface area contributed by atoms with E-state index in [2.05, 4.69) is 22.5 Å². The van der Waals surface area contributed by atoms with Gasteiger partial charge in [-0.25, -0.2) is 23.2 Å². The Bertz CT molecular complexity index is 1200. The number of benzene rings is 1. The Hall–Kier alpha value is -2.76. The van der Waals surface area contributed by atoms with E-state index in [-0.39, 0.29) is 24.4 Å². The molecule has 2 aliphatic rings. The highest BCUT2D eigenvalue weighted by Crippen LogP contribution is 2.39. The number of nitrogens with zero attached hydrogens (tertiary/aromatic N) is 3. The van der Waals surface area contributed by atoms with Crippen LogP contribution in [-0.4, -0.2) is 73.7 Å². The van der Waals surface area contributed by atoms with E-state index in [0.29, 0.717) is 61.2 Å². The number of hydrogen-bond donors (Lipinski definition) is 3. The molecule has 0 unspecified atom stereocenters. The summed E-state index contributed by atoms with van der Waals surface area (Å²) in [7, 11) is -3.48. The van der Waals surface area contributed by atoms with Crippen molar-refractivity contribution in [1.82, 2.24) is 15.3 Å². The van der Waals surface area contributed by atoms with E-state index in [1.165, 1.54) is 0 Å². The van der Waals surface area contributed by atoms with Crippen molar-refractivity contribution in [3.8, 4) is 11.4 Å². The van der Waals surface area contributed by atoms with E-state index < -0.39 is 20.6 Å². The predicted molar refractivity (Wildman–Crippen MR) is 143 cm³/mol. The number of aromatic nitrogens is 2. The molecule has 1 aliphatic carbocycles. The Morgan fingerprint density at radius 3 is 2.54 bits per heavy atom. The fraction of sp³-hybridized carbons (Fsp3) is 0.577. The molecule has 2 aromatic rings. The topological polar surface area (TPSA) is 134 Å². The first-order valence-electron chi connectivity index (χ1n) is 12.9. The second kappa shape index (κ2) is 11.3. The van der Waals surface area contributed by atoms with Gasteiger partial charge in [0, 0.05) is 30.4 Å². The third-order valence-electron chi connectivity index (χ3n) is 7.24. The summed E-state index contributed by atoms with van der Waals surface area (Å²) in [6.07, 6.45) is 3.25. The number of nitrogens with one attached hydrogen (secondary N) is 2. The molecule has 1 atom stereocenters. The van der Waals surface area contributed by atoms with Crippen LogP contribution in [0.1, 0.15) is 52.1 Å². The molecule has 2 fully saturated rings. The molecule has 1 aromatic heterocycles. The molecule has 3 N–H and O–H groups in total. The quantitative estimate of drug-likeness (QED) is 0.473. The van der Waals surface area contributed by atoms with Crippen molar-refractivity contribution in [3.63, 3.8) is 0 Å². The second-order valence-electron chi connectivity index (χ2n) is 10.2. The van der Waals surface area contributed by atoms with E-state index in [0.717, 1.165) is 12.8 Å². The van der Waals surface area contributed by atoms with Crippen LogP contribution < -0.4 is 15.5 Å². The minimum atomic E-state index is -3.48. The SMILES string of the molecule is C[C@H]1COCCN1c1cc(C(C)(C)S(=O)(=O)C2CCCC2)nc(-c2ccc(NC(=O)NCCO)cc2)n1. The smallest absolute Gasteiger partial charge is 0.319 e. The number of amides is 2. The summed E-state index contributed by atoms with van der Waals surface area (Å²) in [6.45, 7) is 7.36. The van der Waals surface area contributed by atoms with Crippen LogP contribution in [0.4, 0.5) is 16.3 Å². The maximum absolute atomic E-state index is 13.7. The molecule has 202 valence electrons. The highest BCUT2D eigenvalue weighted by molar-refractivity contribution is 7.92. The molecule has 1 aromatic carbocycles. The van der Waals surface area contributed by atoms with Crippen LogP contribution in [0.15, 0.2) is 30.3 Å². The monoisotopic (exact) mass is 531 g/mol. The van der Waals surface area contributed by atoms with Gasteiger partial charge in [0.25, 0.3) is 0 Å². The second-order valence-corrected chi connectivity index (χ2v) is 13.0. The van der Waals surface area contributed by atoms with E-state index >= 15 is 0 Å². The predicted octanol–water partition coefficient (Wildman–Crippen LogP) is 3.08. The molecule has 1 aliphatic heterocycles. The summed E-state index contributed by atoms with van der Waals surface area (Å²) in [6, 6.07) is 8.56. The van der Waals surface area contributed by atoms with Gasteiger partial charge in [0.05, 0.1) is 36.8 Å². The average Bonchev–Trinajstić information content (AvgIpc) is 3.44. The van der Waals surface area contributed by atoms with Crippen molar-refractivity contribution in [3.05, 3.63) is 36.0 Å². The van der Waals surface area contributed by atoms with Gasteiger partial charge in [-0.15, -0.1) is 0 Å². The summed E-state index contributed by atoms with van der Waals surface area (Å²) < 4.78 is 31.9. The van der Waals surface area contributed by atoms with Gasteiger partial charge in [-0.05, 0) is 57.9 Å². The number of carbonyl (C=O) groups is 1. The van der Waals surface area contributed by atoms with Gasteiger partial charge in [0.2, 0.25) is 0 Å². The number of urea groups is 1. The van der Waals surface area contributed by atoms with Crippen molar-refractivity contribution >= 4 is 27.4 Å². The number of anilines is 2. The molecule has 0 radical (unpaired) electrons. The van der Waals surface area contributed by atoms with Gasteiger partial charge in [-0.2, -0.15) is 0 Å². The molecule has 1 saturated carbocycles. The zero-order chi connectivity index (χ0) is 26.6. The van der Waals surface area contributed by atoms with Crippen molar-refractivity contribution in [1.29, 1.82) is 0 Å². The van der Waals surface area contributed by atoms with Crippen LogP contribution in [0.2, 0.25) is 0 Å². The molecule has 10 nitrogen and oxygen atoms in total. The van der Waals surface area contributed by atoms with Gasteiger partial charge in [-0.1, -0.05) is 12.8 Å². The summed E-state index contributed by atoms with van der Waals surface area (Å²) in [5, 5.41) is 13.8. The third kappa shape index (κ3) is 5.89. The molecule has 4 rings (SSSR count). The number of ether oxygens (including phenoxy) is 1. The first kappa shape index (κ1) is 27.3. The van der Waals surface area contributed by atoms with Crippen LogP contribution in [0.5, 0.6) is 0 Å². The Morgan fingerprint density at radius 1 is 1.19 bits per heavy atom.